The van der Waals surface area contributed by atoms with Crippen molar-refractivity contribution >= 4 is 11.6 Å². The van der Waals surface area contributed by atoms with E-state index in [0.29, 0.717) is 6.54 Å². The van der Waals surface area contributed by atoms with Crippen molar-refractivity contribution < 1.29 is 0 Å². The zero-order valence-electron chi connectivity index (χ0n) is 12.6. The van der Waals surface area contributed by atoms with Crippen molar-refractivity contribution in [2.45, 2.75) is 46.7 Å². The van der Waals surface area contributed by atoms with Crippen molar-refractivity contribution in [1.82, 2.24) is 9.78 Å². The number of hydrogen-bond acceptors (Lipinski definition) is 2. The molecule has 0 saturated heterocycles. The maximum Gasteiger partial charge on any atom is 0.0677 e. The normalized spacial score (nSPS) is 12.7. The highest BCUT2D eigenvalue weighted by atomic mass is 35.5. The van der Waals surface area contributed by atoms with Gasteiger partial charge in [-0.2, -0.15) is 5.10 Å². The molecule has 2 N–H and O–H groups in total. The van der Waals surface area contributed by atoms with Crippen LogP contribution in [-0.4, -0.2) is 9.78 Å². The number of benzene rings is 1. The van der Waals surface area contributed by atoms with E-state index < -0.39 is 0 Å². The zero-order chi connectivity index (χ0) is 14.9. The number of rotatable bonds is 4. The lowest BCUT2D eigenvalue weighted by Gasteiger charge is -2.11. The van der Waals surface area contributed by atoms with Crippen molar-refractivity contribution in [3.8, 4) is 0 Å². The molecule has 0 radical (unpaired) electrons. The molecule has 0 saturated carbocycles. The van der Waals surface area contributed by atoms with Crippen LogP contribution in [-0.2, 0) is 6.54 Å². The van der Waals surface area contributed by atoms with E-state index in [4.69, 9.17) is 17.3 Å². The Morgan fingerprint density at radius 2 is 2.00 bits per heavy atom. The number of halogens is 1. The van der Waals surface area contributed by atoms with Crippen LogP contribution in [0.4, 0.5) is 0 Å². The van der Waals surface area contributed by atoms with Gasteiger partial charge in [0.15, 0.2) is 0 Å². The van der Waals surface area contributed by atoms with Crippen LogP contribution in [0.1, 0.15) is 47.5 Å². The molecule has 0 aliphatic rings. The predicted octanol–water partition coefficient (Wildman–Crippen LogP) is 3.92. The number of nitrogens with two attached hydrogens (primary N) is 1. The van der Waals surface area contributed by atoms with E-state index in [0.717, 1.165) is 34.0 Å². The fourth-order valence-electron chi connectivity index (χ4n) is 2.55. The first-order chi connectivity index (χ1) is 9.43. The number of hydrogen-bond donors (Lipinski definition) is 1. The molecule has 1 unspecified atom stereocenters. The fourth-order valence-corrected chi connectivity index (χ4v) is 2.84. The molecule has 1 atom stereocenters. The van der Waals surface area contributed by atoms with E-state index >= 15 is 0 Å². The highest BCUT2D eigenvalue weighted by Crippen LogP contribution is 2.24. The molecule has 0 fully saturated rings. The molecule has 2 aromatic rings. The van der Waals surface area contributed by atoms with Crippen molar-refractivity contribution in [1.29, 1.82) is 0 Å². The third kappa shape index (κ3) is 2.89. The number of aromatic nitrogens is 2. The van der Waals surface area contributed by atoms with Gasteiger partial charge < -0.3 is 5.73 Å². The largest absolute Gasteiger partial charge is 0.324 e. The van der Waals surface area contributed by atoms with Crippen LogP contribution in [0.2, 0.25) is 5.02 Å². The zero-order valence-corrected chi connectivity index (χ0v) is 13.3. The van der Waals surface area contributed by atoms with Gasteiger partial charge in [0.2, 0.25) is 0 Å². The first-order valence-corrected chi connectivity index (χ1v) is 7.36. The molecular formula is C16H22ClN3. The first kappa shape index (κ1) is 15.1. The first-order valence-electron chi connectivity index (χ1n) is 6.98. The Kier molecular flexibility index (Phi) is 4.51. The minimum Gasteiger partial charge on any atom is -0.324 e. The molecule has 3 nitrogen and oxygen atoms in total. The van der Waals surface area contributed by atoms with Gasteiger partial charge >= 0.3 is 0 Å². The number of nitrogens with zero attached hydrogens (tertiary/aromatic N) is 2. The van der Waals surface area contributed by atoms with E-state index in [1.54, 1.807) is 0 Å². The lowest BCUT2D eigenvalue weighted by molar-refractivity contribution is 0.650. The van der Waals surface area contributed by atoms with Gasteiger partial charge in [-0.25, -0.2) is 0 Å². The van der Waals surface area contributed by atoms with E-state index in [1.807, 2.05) is 24.6 Å². The second kappa shape index (κ2) is 5.98. The molecular weight excluding hydrogens is 270 g/mol. The molecule has 0 spiro atoms. The van der Waals surface area contributed by atoms with Crippen LogP contribution < -0.4 is 5.73 Å². The van der Waals surface area contributed by atoms with Crippen LogP contribution in [0.5, 0.6) is 0 Å². The summed E-state index contributed by atoms with van der Waals surface area (Å²) in [5, 5.41) is 5.41. The summed E-state index contributed by atoms with van der Waals surface area (Å²) in [6.07, 6.45) is 0.915. The van der Waals surface area contributed by atoms with Gasteiger partial charge in [-0.05, 0) is 44.4 Å². The molecule has 0 amide bonds. The van der Waals surface area contributed by atoms with Crippen LogP contribution >= 0.6 is 11.6 Å². The smallest absolute Gasteiger partial charge is 0.0677 e. The Balaban J connectivity index is 2.35. The summed E-state index contributed by atoms with van der Waals surface area (Å²) in [5.41, 5.74) is 11.7. The summed E-state index contributed by atoms with van der Waals surface area (Å²) in [4.78, 5) is 0. The average Bonchev–Trinajstić information content (AvgIpc) is 2.67. The topological polar surface area (TPSA) is 43.8 Å². The van der Waals surface area contributed by atoms with Gasteiger partial charge in [-0.15, -0.1) is 0 Å². The lowest BCUT2D eigenvalue weighted by atomic mass is 10.0. The highest BCUT2D eigenvalue weighted by Gasteiger charge is 2.17. The molecule has 1 aromatic heterocycles. The second-order valence-electron chi connectivity index (χ2n) is 5.35. The third-order valence-corrected chi connectivity index (χ3v) is 4.13. The van der Waals surface area contributed by atoms with Gasteiger partial charge in [-0.3, -0.25) is 4.68 Å². The maximum atomic E-state index is 6.30. The Hall–Kier alpha value is -1.32. The van der Waals surface area contributed by atoms with E-state index in [9.17, 15) is 0 Å². The summed E-state index contributed by atoms with van der Waals surface area (Å²) in [5.74, 6) is 0. The van der Waals surface area contributed by atoms with Crippen molar-refractivity contribution in [3.05, 3.63) is 51.3 Å². The molecule has 0 aliphatic carbocycles. The molecule has 20 heavy (non-hydrogen) atoms. The molecule has 1 aromatic carbocycles. The van der Waals surface area contributed by atoms with Crippen LogP contribution in [0.25, 0.3) is 0 Å². The lowest BCUT2D eigenvalue weighted by Crippen LogP contribution is -2.11. The summed E-state index contributed by atoms with van der Waals surface area (Å²) >= 11 is 6.30. The summed E-state index contributed by atoms with van der Waals surface area (Å²) in [7, 11) is 0. The Morgan fingerprint density at radius 3 is 2.60 bits per heavy atom. The van der Waals surface area contributed by atoms with Gasteiger partial charge in [-0.1, -0.05) is 30.7 Å². The molecule has 1 heterocycles. The van der Waals surface area contributed by atoms with E-state index in [2.05, 4.69) is 31.1 Å². The highest BCUT2D eigenvalue weighted by molar-refractivity contribution is 6.31. The summed E-state index contributed by atoms with van der Waals surface area (Å²) in [6.45, 7) is 8.91. The quantitative estimate of drug-likeness (QED) is 0.928. The van der Waals surface area contributed by atoms with Gasteiger partial charge in [0.1, 0.15) is 0 Å². The molecule has 2 rings (SSSR count). The SMILES string of the molecule is CCC(N)c1c(C)nn(Cc2ccc(C)cc2Cl)c1C. The minimum atomic E-state index is 0.0530. The fraction of sp³-hybridized carbons (Fsp3) is 0.438. The summed E-state index contributed by atoms with van der Waals surface area (Å²) < 4.78 is 2.00. The molecule has 0 bridgehead atoms. The monoisotopic (exact) mass is 291 g/mol. The standard InChI is InChI=1S/C16H22ClN3/c1-5-15(18)16-11(3)19-20(12(16)4)9-13-7-6-10(2)8-14(13)17/h6-8,15H,5,9,18H2,1-4H3. The van der Waals surface area contributed by atoms with E-state index in [1.165, 1.54) is 5.56 Å². The second-order valence-corrected chi connectivity index (χ2v) is 5.76. The number of aryl methyl sites for hydroxylation is 2. The van der Waals surface area contributed by atoms with Crippen molar-refractivity contribution in [2.24, 2.45) is 5.73 Å². The Morgan fingerprint density at radius 1 is 1.30 bits per heavy atom. The summed E-state index contributed by atoms with van der Waals surface area (Å²) in [6, 6.07) is 6.18. The van der Waals surface area contributed by atoms with Gasteiger partial charge in [0.25, 0.3) is 0 Å². The van der Waals surface area contributed by atoms with Crippen molar-refractivity contribution in [2.75, 3.05) is 0 Å². The van der Waals surface area contributed by atoms with Crippen LogP contribution in [0.15, 0.2) is 18.2 Å². The maximum absolute atomic E-state index is 6.30. The Bertz CT molecular complexity index is 616. The Labute approximate surface area is 125 Å². The van der Waals surface area contributed by atoms with Gasteiger partial charge in [0, 0.05) is 22.3 Å². The predicted molar refractivity (Wildman–Crippen MR) is 84.2 cm³/mol. The van der Waals surface area contributed by atoms with E-state index in [-0.39, 0.29) is 6.04 Å². The molecule has 0 aliphatic heterocycles. The van der Waals surface area contributed by atoms with Crippen LogP contribution in [0, 0.1) is 20.8 Å². The van der Waals surface area contributed by atoms with Crippen molar-refractivity contribution in [3.63, 3.8) is 0 Å². The molecule has 4 heteroatoms. The minimum absolute atomic E-state index is 0.0530. The molecule has 108 valence electrons. The third-order valence-electron chi connectivity index (χ3n) is 3.78. The van der Waals surface area contributed by atoms with Crippen LogP contribution in [0.3, 0.4) is 0 Å². The average molecular weight is 292 g/mol. The van der Waals surface area contributed by atoms with Gasteiger partial charge in [0.05, 0.1) is 12.2 Å².